The molecule has 0 aliphatic rings. The maximum atomic E-state index is 4.18. The Hall–Kier alpha value is -2.66. The van der Waals surface area contributed by atoms with Gasteiger partial charge < -0.3 is 0 Å². The third-order valence-corrected chi connectivity index (χ3v) is 2.63. The van der Waals surface area contributed by atoms with Crippen LogP contribution in [0.25, 0.3) is 5.52 Å². The molecule has 0 atom stereocenters. The monoisotopic (exact) mass is 231 g/mol. The lowest BCUT2D eigenvalue weighted by Gasteiger charge is -1.91. The summed E-state index contributed by atoms with van der Waals surface area (Å²) in [7, 11) is 0. The average Bonchev–Trinajstić information content (AvgIpc) is 2.46. The molecule has 0 unspecified atom stereocenters. The second-order valence-electron chi connectivity index (χ2n) is 3.92. The van der Waals surface area contributed by atoms with Gasteiger partial charge in [-0.3, -0.25) is 0 Å². The highest BCUT2D eigenvalue weighted by molar-refractivity contribution is 5.44. The molecule has 0 bridgehead atoms. The number of nitrogens with zero attached hydrogens (tertiary/aromatic N) is 2. The zero-order valence-electron chi connectivity index (χ0n) is 9.75. The first-order chi connectivity index (χ1) is 8.92. The molecule has 3 aromatic heterocycles. The molecule has 3 heterocycles. The van der Waals surface area contributed by atoms with Crippen molar-refractivity contribution in [3.8, 4) is 11.8 Å². The van der Waals surface area contributed by atoms with Crippen LogP contribution in [0.5, 0.6) is 0 Å². The summed E-state index contributed by atoms with van der Waals surface area (Å²) in [6.07, 6.45) is 5.78. The van der Waals surface area contributed by atoms with Gasteiger partial charge in [-0.1, -0.05) is 12.0 Å². The number of fused-ring (bicyclic) bond motifs is 1. The smallest absolute Gasteiger partial charge is 0.210 e. The van der Waals surface area contributed by atoms with Gasteiger partial charge in [-0.2, -0.15) is 4.40 Å². The molecule has 0 aromatic carbocycles. The van der Waals surface area contributed by atoms with E-state index in [-0.39, 0.29) is 0 Å². The minimum atomic E-state index is 0.788. The Bertz CT molecular complexity index is 737. The molecule has 0 aliphatic heterocycles. The first kappa shape index (κ1) is 10.5. The van der Waals surface area contributed by atoms with Gasteiger partial charge in [-0.25, -0.2) is 4.98 Å². The molecule has 3 rings (SSSR count). The van der Waals surface area contributed by atoms with Crippen LogP contribution in [0.15, 0.2) is 67.1 Å². The van der Waals surface area contributed by atoms with Gasteiger partial charge in [0, 0.05) is 24.4 Å². The lowest BCUT2D eigenvalue weighted by molar-refractivity contribution is -0.512. The zero-order chi connectivity index (χ0) is 12.2. The van der Waals surface area contributed by atoms with Crippen LogP contribution in [0.1, 0.15) is 11.3 Å². The summed E-state index contributed by atoms with van der Waals surface area (Å²) < 4.78 is 2.06. The van der Waals surface area contributed by atoms with E-state index in [9.17, 15) is 0 Å². The largest absolute Gasteiger partial charge is 0.248 e. The summed E-state index contributed by atoms with van der Waals surface area (Å²) in [6.45, 7) is 0. The molecular weight excluding hydrogens is 220 g/mol. The maximum absolute atomic E-state index is 4.18. The molecule has 0 N–H and O–H groups in total. The number of hydrogen-bond acceptors (Lipinski definition) is 1. The Morgan fingerprint density at radius 2 is 1.83 bits per heavy atom. The minimum Gasteiger partial charge on any atom is -0.248 e. The normalized spacial score (nSPS) is 9.78. The maximum Gasteiger partial charge on any atom is 0.210 e. The molecule has 2 heteroatoms. The Balaban J connectivity index is 1.99. The molecule has 84 valence electrons. The summed E-state index contributed by atoms with van der Waals surface area (Å²) in [6, 6.07) is 15.9. The third kappa shape index (κ3) is 2.21. The van der Waals surface area contributed by atoms with Gasteiger partial charge in [0.15, 0.2) is 12.4 Å². The summed E-state index contributed by atoms with van der Waals surface area (Å²) in [5.41, 5.74) is 2.92. The van der Waals surface area contributed by atoms with Gasteiger partial charge in [0.25, 0.3) is 0 Å². The highest BCUT2D eigenvalue weighted by atomic mass is 14.8. The number of rotatable bonds is 0. The van der Waals surface area contributed by atoms with E-state index in [0.717, 1.165) is 16.8 Å². The Morgan fingerprint density at radius 1 is 0.889 bits per heavy atom. The van der Waals surface area contributed by atoms with Crippen molar-refractivity contribution in [3.05, 3.63) is 78.4 Å². The van der Waals surface area contributed by atoms with Gasteiger partial charge in [0.1, 0.15) is 5.69 Å². The fraction of sp³-hybridized carbons (Fsp3) is 0. The topological polar surface area (TPSA) is 17.0 Å². The van der Waals surface area contributed by atoms with Crippen molar-refractivity contribution in [2.24, 2.45) is 0 Å². The summed E-state index contributed by atoms with van der Waals surface area (Å²) in [5, 5.41) is 0. The lowest BCUT2D eigenvalue weighted by atomic mass is 10.2. The van der Waals surface area contributed by atoms with Crippen molar-refractivity contribution in [2.75, 3.05) is 0 Å². The molecule has 3 aromatic rings. The zero-order valence-corrected chi connectivity index (χ0v) is 9.75. The molecule has 0 spiro atoms. The summed E-state index contributed by atoms with van der Waals surface area (Å²) in [5.74, 6) is 6.17. The molecule has 0 radical (unpaired) electrons. The predicted molar refractivity (Wildman–Crippen MR) is 69.8 cm³/mol. The highest BCUT2D eigenvalue weighted by Gasteiger charge is 2.00. The van der Waals surface area contributed by atoms with Gasteiger partial charge in [-0.05, 0) is 30.2 Å². The predicted octanol–water partition coefficient (Wildman–Crippen LogP) is 2.22. The van der Waals surface area contributed by atoms with E-state index in [0.29, 0.717) is 0 Å². The number of hydrogen-bond donors (Lipinski definition) is 0. The van der Waals surface area contributed by atoms with E-state index in [1.807, 2.05) is 48.8 Å². The Labute approximate surface area is 106 Å². The van der Waals surface area contributed by atoms with Crippen LogP contribution in [-0.4, -0.2) is 4.98 Å². The SMILES string of the molecule is C(#Cc1ccccn1)c1ccc2cccc[n+]2c1. The molecule has 0 fully saturated rings. The van der Waals surface area contributed by atoms with Crippen molar-refractivity contribution in [2.45, 2.75) is 0 Å². The minimum absolute atomic E-state index is 0.788. The average molecular weight is 231 g/mol. The number of pyridine rings is 3. The van der Waals surface area contributed by atoms with Crippen LogP contribution < -0.4 is 4.40 Å². The van der Waals surface area contributed by atoms with Crippen LogP contribution in [-0.2, 0) is 0 Å². The quantitative estimate of drug-likeness (QED) is 0.428. The molecular formula is C16H11N2+. The van der Waals surface area contributed by atoms with E-state index in [1.165, 1.54) is 0 Å². The fourth-order valence-electron chi connectivity index (χ4n) is 1.74. The van der Waals surface area contributed by atoms with Crippen molar-refractivity contribution in [1.29, 1.82) is 0 Å². The Morgan fingerprint density at radius 3 is 2.72 bits per heavy atom. The van der Waals surface area contributed by atoms with Crippen LogP contribution in [0, 0.1) is 11.8 Å². The van der Waals surface area contributed by atoms with E-state index < -0.39 is 0 Å². The van der Waals surface area contributed by atoms with Gasteiger partial charge in [0.05, 0.1) is 5.56 Å². The van der Waals surface area contributed by atoms with E-state index in [1.54, 1.807) is 6.20 Å². The van der Waals surface area contributed by atoms with E-state index in [4.69, 9.17) is 0 Å². The third-order valence-electron chi connectivity index (χ3n) is 2.63. The molecule has 0 saturated heterocycles. The van der Waals surface area contributed by atoms with Crippen LogP contribution >= 0.6 is 0 Å². The van der Waals surface area contributed by atoms with Crippen LogP contribution in [0.2, 0.25) is 0 Å². The Kier molecular flexibility index (Phi) is 2.73. The first-order valence-corrected chi connectivity index (χ1v) is 5.75. The highest BCUT2D eigenvalue weighted by Crippen LogP contribution is 1.99. The van der Waals surface area contributed by atoms with Crippen molar-refractivity contribution < 1.29 is 4.40 Å². The summed E-state index contributed by atoms with van der Waals surface area (Å²) in [4.78, 5) is 4.18. The molecule has 0 amide bonds. The molecule has 0 aliphatic carbocycles. The van der Waals surface area contributed by atoms with Gasteiger partial charge in [-0.15, -0.1) is 0 Å². The van der Waals surface area contributed by atoms with Crippen molar-refractivity contribution in [1.82, 2.24) is 4.98 Å². The second-order valence-corrected chi connectivity index (χ2v) is 3.92. The fourth-order valence-corrected chi connectivity index (χ4v) is 1.74. The van der Waals surface area contributed by atoms with Gasteiger partial charge in [0.2, 0.25) is 5.52 Å². The number of aromatic nitrogens is 2. The van der Waals surface area contributed by atoms with E-state index >= 15 is 0 Å². The molecule has 18 heavy (non-hydrogen) atoms. The van der Waals surface area contributed by atoms with Crippen LogP contribution in [0.4, 0.5) is 0 Å². The van der Waals surface area contributed by atoms with Crippen molar-refractivity contribution >= 4 is 5.52 Å². The summed E-state index contributed by atoms with van der Waals surface area (Å²) >= 11 is 0. The van der Waals surface area contributed by atoms with Gasteiger partial charge >= 0.3 is 0 Å². The molecule has 2 nitrogen and oxygen atoms in total. The van der Waals surface area contributed by atoms with Crippen molar-refractivity contribution in [3.63, 3.8) is 0 Å². The lowest BCUT2D eigenvalue weighted by Crippen LogP contribution is -2.20. The van der Waals surface area contributed by atoms with E-state index in [2.05, 4.69) is 33.4 Å². The first-order valence-electron chi connectivity index (χ1n) is 5.75. The second kappa shape index (κ2) is 4.68. The van der Waals surface area contributed by atoms with Crippen LogP contribution in [0.3, 0.4) is 0 Å². The molecule has 0 saturated carbocycles. The standard InChI is InChI=1S/C16H11N2/c1-3-11-17-15(5-1)9-7-14-8-10-16-6-2-4-12-18(16)13-14/h1-6,8,10-13H/q+1.